The van der Waals surface area contributed by atoms with Crippen LogP contribution in [0.25, 0.3) is 0 Å². The van der Waals surface area contributed by atoms with Crippen LogP contribution in [0.2, 0.25) is 0 Å². The van der Waals surface area contributed by atoms with Gasteiger partial charge in [-0.15, -0.1) is 0 Å². The predicted octanol–water partition coefficient (Wildman–Crippen LogP) is 2.06. The molecule has 0 spiro atoms. The minimum absolute atomic E-state index is 0.0841. The number of hydrogen-bond acceptors (Lipinski definition) is 5. The molecule has 7 heteroatoms. The Labute approximate surface area is 119 Å². The first-order valence-corrected chi connectivity index (χ1v) is 5.93. The largest absolute Gasteiger partial charge is 0.508 e. The molecule has 0 aromatic heterocycles. The maximum Gasteiger partial charge on any atom is 0.271 e. The first-order chi connectivity index (χ1) is 10.1. The molecule has 7 nitrogen and oxygen atoms in total. The number of hydrogen-bond donors (Lipinski definition) is 2. The van der Waals surface area contributed by atoms with Crippen LogP contribution < -0.4 is 5.43 Å². The van der Waals surface area contributed by atoms with Crippen molar-refractivity contribution in [3.63, 3.8) is 0 Å². The van der Waals surface area contributed by atoms with E-state index in [4.69, 9.17) is 5.11 Å². The SMILES string of the molecule is O=C(N/N=C/c1ccc(O)cc1)c1ccc([N+](=O)[O-])cc1. The van der Waals surface area contributed by atoms with Crippen molar-refractivity contribution in [3.8, 4) is 5.75 Å². The Morgan fingerprint density at radius 1 is 1.14 bits per heavy atom. The van der Waals surface area contributed by atoms with Crippen molar-refractivity contribution in [2.45, 2.75) is 0 Å². The predicted molar refractivity (Wildman–Crippen MR) is 76.3 cm³/mol. The molecule has 0 heterocycles. The van der Waals surface area contributed by atoms with E-state index in [1.807, 2.05) is 0 Å². The number of nitro groups is 1. The molecule has 2 aromatic carbocycles. The number of hydrazone groups is 1. The number of rotatable bonds is 4. The summed E-state index contributed by atoms with van der Waals surface area (Å²) in [5.74, 6) is -0.331. The normalized spacial score (nSPS) is 10.5. The number of amides is 1. The standard InChI is InChI=1S/C14H11N3O4/c18-13-7-1-10(2-8-13)9-15-16-14(19)11-3-5-12(6-4-11)17(20)21/h1-9,18H,(H,16,19)/b15-9+. The molecule has 2 N–H and O–H groups in total. The average molecular weight is 285 g/mol. The van der Waals surface area contributed by atoms with Crippen molar-refractivity contribution < 1.29 is 14.8 Å². The van der Waals surface area contributed by atoms with Gasteiger partial charge in [-0.05, 0) is 42.0 Å². The van der Waals surface area contributed by atoms with Gasteiger partial charge in [-0.25, -0.2) is 5.43 Å². The number of carbonyl (C=O) groups excluding carboxylic acids is 1. The van der Waals surface area contributed by atoms with E-state index in [0.29, 0.717) is 5.56 Å². The highest BCUT2D eigenvalue weighted by molar-refractivity contribution is 5.95. The van der Waals surface area contributed by atoms with Gasteiger partial charge in [0.25, 0.3) is 11.6 Å². The third kappa shape index (κ3) is 3.87. The number of carbonyl (C=O) groups is 1. The second-order valence-electron chi connectivity index (χ2n) is 4.09. The van der Waals surface area contributed by atoms with Crippen LogP contribution in [0, 0.1) is 10.1 Å². The lowest BCUT2D eigenvalue weighted by molar-refractivity contribution is -0.384. The summed E-state index contributed by atoms with van der Waals surface area (Å²) in [6.45, 7) is 0. The topological polar surface area (TPSA) is 105 Å². The van der Waals surface area contributed by atoms with E-state index in [1.165, 1.54) is 42.6 Å². The molecule has 0 saturated carbocycles. The number of nitrogens with zero attached hydrogens (tertiary/aromatic N) is 2. The van der Waals surface area contributed by atoms with Gasteiger partial charge in [0.05, 0.1) is 11.1 Å². The van der Waals surface area contributed by atoms with E-state index in [0.717, 1.165) is 0 Å². The molecule has 2 rings (SSSR count). The monoisotopic (exact) mass is 285 g/mol. The van der Waals surface area contributed by atoms with E-state index < -0.39 is 10.8 Å². The van der Waals surface area contributed by atoms with Crippen molar-refractivity contribution in [2.24, 2.45) is 5.10 Å². The summed E-state index contributed by atoms with van der Waals surface area (Å²) < 4.78 is 0. The van der Waals surface area contributed by atoms with E-state index in [2.05, 4.69) is 10.5 Å². The third-order valence-electron chi connectivity index (χ3n) is 2.61. The Balaban J connectivity index is 1.98. The summed E-state index contributed by atoms with van der Waals surface area (Å²) in [4.78, 5) is 21.7. The summed E-state index contributed by atoms with van der Waals surface area (Å²) in [6.07, 6.45) is 1.42. The molecule has 0 atom stereocenters. The molecular weight excluding hydrogens is 274 g/mol. The fraction of sp³-hybridized carbons (Fsp3) is 0. The average Bonchev–Trinajstić information content (AvgIpc) is 2.49. The quantitative estimate of drug-likeness (QED) is 0.509. The maximum atomic E-state index is 11.7. The Hall–Kier alpha value is -3.22. The summed E-state index contributed by atoms with van der Waals surface area (Å²) in [5, 5.41) is 23.4. The zero-order chi connectivity index (χ0) is 15.2. The van der Waals surface area contributed by atoms with Crippen LogP contribution in [-0.4, -0.2) is 22.2 Å². The lowest BCUT2D eigenvalue weighted by atomic mass is 10.2. The van der Waals surface area contributed by atoms with Crippen LogP contribution in [-0.2, 0) is 0 Å². The Morgan fingerprint density at radius 3 is 2.33 bits per heavy atom. The highest BCUT2D eigenvalue weighted by Crippen LogP contribution is 2.11. The molecule has 2 aromatic rings. The van der Waals surface area contributed by atoms with E-state index in [9.17, 15) is 14.9 Å². The van der Waals surface area contributed by atoms with Crippen LogP contribution >= 0.6 is 0 Å². The lowest BCUT2D eigenvalue weighted by Crippen LogP contribution is -2.17. The molecule has 0 unspecified atom stereocenters. The van der Waals surface area contributed by atoms with Gasteiger partial charge in [0.2, 0.25) is 0 Å². The van der Waals surface area contributed by atoms with Crippen LogP contribution in [0.4, 0.5) is 5.69 Å². The van der Waals surface area contributed by atoms with Crippen molar-refractivity contribution in [1.82, 2.24) is 5.43 Å². The van der Waals surface area contributed by atoms with Crippen molar-refractivity contribution in [2.75, 3.05) is 0 Å². The summed E-state index contributed by atoms with van der Waals surface area (Å²) >= 11 is 0. The van der Waals surface area contributed by atoms with Crippen LogP contribution in [0.3, 0.4) is 0 Å². The van der Waals surface area contributed by atoms with Gasteiger partial charge in [0.15, 0.2) is 0 Å². The first kappa shape index (κ1) is 14.2. The number of phenolic OH excluding ortho intramolecular Hbond substituents is 1. The number of phenols is 1. The number of nitro benzene ring substituents is 1. The molecule has 1 amide bonds. The van der Waals surface area contributed by atoms with Crippen molar-refractivity contribution in [3.05, 3.63) is 69.8 Å². The number of aromatic hydroxyl groups is 1. The summed E-state index contributed by atoms with van der Waals surface area (Å²) in [5.41, 5.74) is 3.20. The van der Waals surface area contributed by atoms with Gasteiger partial charge in [0.1, 0.15) is 5.75 Å². The van der Waals surface area contributed by atoms with Crippen molar-refractivity contribution >= 4 is 17.8 Å². The second kappa shape index (κ2) is 6.29. The van der Waals surface area contributed by atoms with Gasteiger partial charge in [-0.1, -0.05) is 0 Å². The fourth-order valence-electron chi connectivity index (χ4n) is 1.52. The van der Waals surface area contributed by atoms with Gasteiger partial charge in [-0.3, -0.25) is 14.9 Å². The zero-order valence-electron chi connectivity index (χ0n) is 10.8. The van der Waals surface area contributed by atoms with Crippen LogP contribution in [0.1, 0.15) is 15.9 Å². The lowest BCUT2D eigenvalue weighted by Gasteiger charge is -1.99. The number of nitrogens with one attached hydrogen (secondary N) is 1. The highest BCUT2D eigenvalue weighted by atomic mass is 16.6. The Morgan fingerprint density at radius 2 is 1.76 bits per heavy atom. The van der Waals surface area contributed by atoms with Gasteiger partial charge >= 0.3 is 0 Å². The molecule has 0 aliphatic carbocycles. The molecule has 0 fully saturated rings. The molecule has 21 heavy (non-hydrogen) atoms. The van der Waals surface area contributed by atoms with Crippen molar-refractivity contribution in [1.29, 1.82) is 0 Å². The Bertz CT molecular complexity index is 678. The Kier molecular flexibility index (Phi) is 4.25. The molecule has 0 aliphatic heterocycles. The van der Waals surface area contributed by atoms with E-state index in [-0.39, 0.29) is 17.0 Å². The molecule has 0 radical (unpaired) electrons. The molecule has 0 bridgehead atoms. The van der Waals surface area contributed by atoms with Gasteiger partial charge in [-0.2, -0.15) is 5.10 Å². The summed E-state index contributed by atoms with van der Waals surface area (Å²) in [6, 6.07) is 11.5. The molecular formula is C14H11N3O4. The molecule has 0 aliphatic rings. The highest BCUT2D eigenvalue weighted by Gasteiger charge is 2.08. The third-order valence-corrected chi connectivity index (χ3v) is 2.61. The molecule has 0 saturated heterocycles. The molecule has 106 valence electrons. The first-order valence-electron chi connectivity index (χ1n) is 5.93. The maximum absolute atomic E-state index is 11.7. The smallest absolute Gasteiger partial charge is 0.271 e. The zero-order valence-corrected chi connectivity index (χ0v) is 10.8. The van der Waals surface area contributed by atoms with E-state index >= 15 is 0 Å². The second-order valence-corrected chi connectivity index (χ2v) is 4.09. The minimum Gasteiger partial charge on any atom is -0.508 e. The summed E-state index contributed by atoms with van der Waals surface area (Å²) in [7, 11) is 0. The van der Waals surface area contributed by atoms with Crippen LogP contribution in [0.5, 0.6) is 5.75 Å². The number of benzene rings is 2. The number of non-ortho nitro benzene ring substituents is 1. The van der Waals surface area contributed by atoms with E-state index in [1.54, 1.807) is 12.1 Å². The van der Waals surface area contributed by atoms with Gasteiger partial charge in [0, 0.05) is 17.7 Å². The fourth-order valence-corrected chi connectivity index (χ4v) is 1.52. The van der Waals surface area contributed by atoms with Gasteiger partial charge < -0.3 is 5.11 Å². The minimum atomic E-state index is -0.537. The van der Waals surface area contributed by atoms with Crippen LogP contribution in [0.15, 0.2) is 53.6 Å².